The first-order valence-electron chi connectivity index (χ1n) is 6.04. The molecule has 19 heavy (non-hydrogen) atoms. The summed E-state index contributed by atoms with van der Waals surface area (Å²) in [5, 5.41) is 0. The summed E-state index contributed by atoms with van der Waals surface area (Å²) in [5.41, 5.74) is 1.16. The highest BCUT2D eigenvalue weighted by Gasteiger charge is 2.37. The highest BCUT2D eigenvalue weighted by Crippen LogP contribution is 2.33. The molecule has 0 unspecified atom stereocenters. The lowest BCUT2D eigenvalue weighted by Crippen LogP contribution is -2.48. The van der Waals surface area contributed by atoms with Gasteiger partial charge in [-0.2, -0.15) is 4.31 Å². The molecule has 0 amide bonds. The molecule has 0 saturated carbocycles. The van der Waals surface area contributed by atoms with E-state index in [1.165, 1.54) is 11.3 Å². The summed E-state index contributed by atoms with van der Waals surface area (Å²) in [6, 6.07) is 7.43. The van der Waals surface area contributed by atoms with Gasteiger partial charge in [-0.3, -0.25) is 4.98 Å². The van der Waals surface area contributed by atoms with Crippen LogP contribution < -0.4 is 0 Å². The van der Waals surface area contributed by atoms with Crippen molar-refractivity contribution in [1.82, 2.24) is 9.29 Å². The molecule has 100 valence electrons. The van der Waals surface area contributed by atoms with Crippen LogP contribution in [-0.2, 0) is 10.0 Å². The van der Waals surface area contributed by atoms with Crippen LogP contribution in [0, 0.1) is 6.92 Å². The Hall–Kier alpha value is -1.24. The molecule has 4 nitrogen and oxygen atoms in total. The highest BCUT2D eigenvalue weighted by atomic mass is 32.2. The van der Waals surface area contributed by atoms with E-state index >= 15 is 0 Å². The second-order valence-corrected chi connectivity index (χ2v) is 8.12. The summed E-state index contributed by atoms with van der Waals surface area (Å²) in [7, 11) is -3.29. The number of nitrogens with zero attached hydrogens (tertiary/aromatic N) is 2. The third-order valence-electron chi connectivity index (χ3n) is 3.34. The van der Waals surface area contributed by atoms with Gasteiger partial charge in [-0.15, -0.1) is 11.3 Å². The van der Waals surface area contributed by atoms with E-state index in [2.05, 4.69) is 4.98 Å². The minimum absolute atomic E-state index is 0.291. The van der Waals surface area contributed by atoms with Gasteiger partial charge in [0.1, 0.15) is 4.21 Å². The molecule has 1 aliphatic heterocycles. The molecule has 1 fully saturated rings. The van der Waals surface area contributed by atoms with Crippen molar-refractivity contribution in [2.45, 2.75) is 17.1 Å². The molecule has 3 heterocycles. The normalized spacial score (nSPS) is 17.3. The third-order valence-corrected chi connectivity index (χ3v) is 6.64. The standard InChI is InChI=1S/C13H14N2O2S2/c1-10-2-3-13(18-10)19(16,17)15-8-12(9-15)11-4-6-14-7-5-11/h2-7,12H,8-9H2,1H3. The third kappa shape index (κ3) is 2.31. The molecule has 3 rings (SSSR count). The van der Waals surface area contributed by atoms with Gasteiger partial charge in [-0.25, -0.2) is 8.42 Å². The van der Waals surface area contributed by atoms with Gasteiger partial charge >= 0.3 is 0 Å². The minimum atomic E-state index is -3.29. The van der Waals surface area contributed by atoms with E-state index < -0.39 is 10.0 Å². The van der Waals surface area contributed by atoms with Crippen molar-refractivity contribution in [1.29, 1.82) is 0 Å². The van der Waals surface area contributed by atoms with Crippen molar-refractivity contribution in [2.24, 2.45) is 0 Å². The molecule has 0 aromatic carbocycles. The monoisotopic (exact) mass is 294 g/mol. The first-order chi connectivity index (χ1) is 9.07. The quantitative estimate of drug-likeness (QED) is 0.872. The molecule has 1 saturated heterocycles. The molecular formula is C13H14N2O2S2. The number of aromatic nitrogens is 1. The smallest absolute Gasteiger partial charge is 0.252 e. The largest absolute Gasteiger partial charge is 0.265 e. The molecule has 2 aromatic heterocycles. The molecule has 0 bridgehead atoms. The van der Waals surface area contributed by atoms with Crippen LogP contribution in [0.1, 0.15) is 16.4 Å². The van der Waals surface area contributed by atoms with Gasteiger partial charge in [-0.1, -0.05) is 0 Å². The SMILES string of the molecule is Cc1ccc(S(=O)(=O)N2CC(c3ccncc3)C2)s1. The van der Waals surface area contributed by atoms with E-state index in [0.717, 1.165) is 10.4 Å². The second-order valence-electron chi connectivity index (χ2n) is 4.66. The Labute approximate surface area is 116 Å². The van der Waals surface area contributed by atoms with Gasteiger partial charge in [0.25, 0.3) is 10.0 Å². The Morgan fingerprint density at radius 3 is 2.47 bits per heavy atom. The fourth-order valence-electron chi connectivity index (χ4n) is 2.16. The van der Waals surface area contributed by atoms with Crippen LogP contribution in [-0.4, -0.2) is 30.8 Å². The summed E-state index contributed by atoms with van der Waals surface area (Å²) < 4.78 is 26.6. The molecule has 1 aliphatic rings. The Morgan fingerprint density at radius 1 is 1.21 bits per heavy atom. The summed E-state index contributed by atoms with van der Waals surface area (Å²) >= 11 is 1.33. The van der Waals surface area contributed by atoms with E-state index in [9.17, 15) is 8.42 Å². The predicted octanol–water partition coefficient (Wildman–Crippen LogP) is 2.24. The maximum atomic E-state index is 12.3. The van der Waals surface area contributed by atoms with Gasteiger partial charge in [0, 0.05) is 36.3 Å². The van der Waals surface area contributed by atoms with E-state index in [4.69, 9.17) is 0 Å². The van der Waals surface area contributed by atoms with E-state index in [0.29, 0.717) is 23.2 Å². The van der Waals surface area contributed by atoms with Crippen LogP contribution in [0.4, 0.5) is 0 Å². The van der Waals surface area contributed by atoms with Crippen LogP contribution >= 0.6 is 11.3 Å². The van der Waals surface area contributed by atoms with Crippen LogP contribution in [0.25, 0.3) is 0 Å². The van der Waals surface area contributed by atoms with Crippen molar-refractivity contribution < 1.29 is 8.42 Å². The van der Waals surface area contributed by atoms with E-state index in [-0.39, 0.29) is 0 Å². The summed E-state index contributed by atoms with van der Waals surface area (Å²) in [5.74, 6) is 0.291. The minimum Gasteiger partial charge on any atom is -0.265 e. The molecule has 0 atom stereocenters. The molecule has 0 N–H and O–H groups in total. The van der Waals surface area contributed by atoms with Crippen molar-refractivity contribution >= 4 is 21.4 Å². The fraction of sp³-hybridized carbons (Fsp3) is 0.308. The molecular weight excluding hydrogens is 280 g/mol. The molecule has 2 aromatic rings. The van der Waals surface area contributed by atoms with Gasteiger partial charge in [0.05, 0.1) is 0 Å². The lowest BCUT2D eigenvalue weighted by atomic mass is 9.95. The van der Waals surface area contributed by atoms with Crippen LogP contribution in [0.3, 0.4) is 0 Å². The van der Waals surface area contributed by atoms with Crippen LogP contribution in [0.15, 0.2) is 40.9 Å². The summed E-state index contributed by atoms with van der Waals surface area (Å²) in [6.07, 6.45) is 3.49. The number of thiophene rings is 1. The van der Waals surface area contributed by atoms with Gasteiger partial charge in [-0.05, 0) is 36.8 Å². The van der Waals surface area contributed by atoms with Crippen molar-refractivity contribution in [3.63, 3.8) is 0 Å². The Bertz CT molecular complexity index is 674. The number of hydrogen-bond acceptors (Lipinski definition) is 4. The zero-order chi connectivity index (χ0) is 13.5. The molecule has 0 radical (unpaired) electrons. The predicted molar refractivity (Wildman–Crippen MR) is 74.8 cm³/mol. The Kier molecular flexibility index (Phi) is 3.16. The second kappa shape index (κ2) is 4.70. The number of pyridine rings is 1. The summed E-state index contributed by atoms with van der Waals surface area (Å²) in [6.45, 7) is 3.03. The van der Waals surface area contributed by atoms with Crippen LogP contribution in [0.5, 0.6) is 0 Å². The number of hydrogen-bond donors (Lipinski definition) is 0. The van der Waals surface area contributed by atoms with Crippen molar-refractivity contribution in [3.05, 3.63) is 47.1 Å². The van der Waals surface area contributed by atoms with E-state index in [1.807, 2.05) is 25.1 Å². The average Bonchev–Trinajstić information content (AvgIpc) is 2.76. The number of rotatable bonds is 3. The zero-order valence-corrected chi connectivity index (χ0v) is 12.1. The highest BCUT2D eigenvalue weighted by molar-refractivity contribution is 7.91. The first-order valence-corrected chi connectivity index (χ1v) is 8.29. The average molecular weight is 294 g/mol. The number of aryl methyl sites for hydroxylation is 1. The molecule has 6 heteroatoms. The lowest BCUT2D eigenvalue weighted by Gasteiger charge is -2.37. The van der Waals surface area contributed by atoms with Crippen LogP contribution in [0.2, 0.25) is 0 Å². The Morgan fingerprint density at radius 2 is 1.89 bits per heavy atom. The van der Waals surface area contributed by atoms with Gasteiger partial charge in [0.2, 0.25) is 0 Å². The first kappa shape index (κ1) is 12.8. The maximum Gasteiger partial charge on any atom is 0.252 e. The number of sulfonamides is 1. The van der Waals surface area contributed by atoms with Gasteiger partial charge in [0.15, 0.2) is 0 Å². The maximum absolute atomic E-state index is 12.3. The molecule has 0 aliphatic carbocycles. The summed E-state index contributed by atoms with van der Waals surface area (Å²) in [4.78, 5) is 4.99. The van der Waals surface area contributed by atoms with E-state index in [1.54, 1.807) is 22.8 Å². The zero-order valence-electron chi connectivity index (χ0n) is 10.5. The van der Waals surface area contributed by atoms with Gasteiger partial charge < -0.3 is 0 Å². The topological polar surface area (TPSA) is 50.3 Å². The molecule has 0 spiro atoms. The lowest BCUT2D eigenvalue weighted by molar-refractivity contribution is 0.264. The van der Waals surface area contributed by atoms with Crippen molar-refractivity contribution in [3.8, 4) is 0 Å². The fourth-order valence-corrected chi connectivity index (χ4v) is 5.13. The van der Waals surface area contributed by atoms with Crippen molar-refractivity contribution in [2.75, 3.05) is 13.1 Å². The Balaban J connectivity index is 1.74.